The molecule has 1 N–H and O–H groups in total. The number of rotatable bonds is 0. The second-order valence-electron chi connectivity index (χ2n) is 2.36. The standard InChI is InChI=1S/C8H6N.Zn/c1-2-4-8-7(3-1)5-6-9-8;/h1-4,6,9H;. The van der Waals surface area contributed by atoms with Crippen molar-refractivity contribution in [2.45, 2.75) is 0 Å². The summed E-state index contributed by atoms with van der Waals surface area (Å²) < 4.78 is 1.44. The Bertz CT molecular complexity index is 351. The first-order valence-corrected chi connectivity index (χ1v) is 4.74. The van der Waals surface area contributed by atoms with Crippen LogP contribution in [0.4, 0.5) is 0 Å². The number of aromatic amines is 1. The van der Waals surface area contributed by atoms with Crippen molar-refractivity contribution < 1.29 is 18.3 Å². The Labute approximate surface area is 69.1 Å². The van der Waals surface area contributed by atoms with Gasteiger partial charge < -0.3 is 0 Å². The molecular weight excluding hydrogens is 175 g/mol. The first-order valence-electron chi connectivity index (χ1n) is 3.26. The Morgan fingerprint density at radius 1 is 1.20 bits per heavy atom. The zero-order chi connectivity index (χ0) is 6.97. The van der Waals surface area contributed by atoms with Gasteiger partial charge in [-0.05, 0) is 0 Å². The van der Waals surface area contributed by atoms with Crippen LogP contribution in [0, 0.1) is 0 Å². The maximum absolute atomic E-state index is 3.22. The molecule has 10 heavy (non-hydrogen) atoms. The predicted molar refractivity (Wildman–Crippen MR) is 37.9 cm³/mol. The van der Waals surface area contributed by atoms with Crippen molar-refractivity contribution in [2.75, 3.05) is 0 Å². The molecule has 45 valence electrons. The number of aromatic nitrogens is 1. The zero-order valence-corrected chi connectivity index (χ0v) is 8.56. The van der Waals surface area contributed by atoms with E-state index in [-0.39, 0.29) is 0 Å². The molecule has 2 aromatic rings. The molecule has 2 rings (SSSR count). The fourth-order valence-corrected chi connectivity index (χ4v) is 1.99. The molecule has 0 aliphatic carbocycles. The second kappa shape index (κ2) is 2.21. The van der Waals surface area contributed by atoms with Gasteiger partial charge in [0.05, 0.1) is 0 Å². The van der Waals surface area contributed by atoms with E-state index in [4.69, 9.17) is 0 Å². The van der Waals surface area contributed by atoms with Crippen LogP contribution >= 0.6 is 0 Å². The molecule has 1 nitrogen and oxygen atoms in total. The summed E-state index contributed by atoms with van der Waals surface area (Å²) in [5, 5.41) is 1.38. The third-order valence-electron chi connectivity index (χ3n) is 1.67. The zero-order valence-electron chi connectivity index (χ0n) is 5.59. The fraction of sp³-hybridized carbons (Fsp3) is 0. The van der Waals surface area contributed by atoms with E-state index in [0.717, 1.165) is 0 Å². The normalized spacial score (nSPS) is 10.6. The van der Waals surface area contributed by atoms with Gasteiger partial charge in [0.25, 0.3) is 0 Å². The number of nitrogens with one attached hydrogen (secondary N) is 1. The Balaban J connectivity index is 2.93. The van der Waals surface area contributed by atoms with Gasteiger partial charge in [-0.15, -0.1) is 0 Å². The van der Waals surface area contributed by atoms with Gasteiger partial charge in [0.15, 0.2) is 0 Å². The number of H-pyrrole nitrogens is 1. The molecule has 0 fully saturated rings. The van der Waals surface area contributed by atoms with Crippen LogP contribution in [-0.4, -0.2) is 4.98 Å². The average Bonchev–Trinajstić information content (AvgIpc) is 2.34. The van der Waals surface area contributed by atoms with Gasteiger partial charge in [0.2, 0.25) is 0 Å². The number of para-hydroxylation sites is 1. The van der Waals surface area contributed by atoms with Crippen molar-refractivity contribution >= 4 is 15.1 Å². The van der Waals surface area contributed by atoms with E-state index < -0.39 is 0 Å². The molecule has 0 radical (unpaired) electrons. The van der Waals surface area contributed by atoms with Crippen molar-refractivity contribution in [2.24, 2.45) is 0 Å². The first kappa shape index (κ1) is 6.12. The SMILES string of the molecule is [Zn][c]1c[nH]c2ccccc12. The Hall–Kier alpha value is -0.617. The van der Waals surface area contributed by atoms with Gasteiger partial charge in [0.1, 0.15) is 0 Å². The van der Waals surface area contributed by atoms with E-state index >= 15 is 0 Å². The summed E-state index contributed by atoms with van der Waals surface area (Å²) in [5.41, 5.74) is 1.25. The van der Waals surface area contributed by atoms with Crippen LogP contribution in [0.25, 0.3) is 10.9 Å². The molecule has 1 heterocycles. The molecular formula is C8H6NZn. The average molecular weight is 182 g/mol. The minimum atomic E-state index is 1.23. The minimum absolute atomic E-state index is 1.23. The number of fused-ring (bicyclic) bond motifs is 1. The predicted octanol–water partition coefficient (Wildman–Crippen LogP) is 1.34. The number of hydrogen-bond donors (Lipinski definition) is 1. The van der Waals surface area contributed by atoms with Crippen molar-refractivity contribution in [3.8, 4) is 0 Å². The molecule has 0 aliphatic heterocycles. The van der Waals surface area contributed by atoms with E-state index in [1.54, 1.807) is 0 Å². The third kappa shape index (κ3) is 0.801. The first-order chi connectivity index (χ1) is 4.88. The van der Waals surface area contributed by atoms with E-state index in [2.05, 4.69) is 35.4 Å². The van der Waals surface area contributed by atoms with Crippen molar-refractivity contribution in [1.29, 1.82) is 0 Å². The molecule has 0 unspecified atom stereocenters. The second-order valence-corrected chi connectivity index (χ2v) is 3.96. The van der Waals surface area contributed by atoms with E-state index in [9.17, 15) is 0 Å². The van der Waals surface area contributed by atoms with Crippen LogP contribution in [0.1, 0.15) is 0 Å². The molecule has 0 aliphatic rings. The monoisotopic (exact) mass is 180 g/mol. The summed E-state index contributed by atoms with van der Waals surface area (Å²) in [5.74, 6) is 0. The van der Waals surface area contributed by atoms with Crippen LogP contribution in [-0.2, 0) is 18.3 Å². The van der Waals surface area contributed by atoms with E-state index in [1.165, 1.54) is 33.4 Å². The van der Waals surface area contributed by atoms with E-state index in [1.807, 2.05) is 0 Å². The van der Waals surface area contributed by atoms with Gasteiger partial charge in [-0.1, -0.05) is 0 Å². The van der Waals surface area contributed by atoms with Crippen LogP contribution in [0.3, 0.4) is 0 Å². The van der Waals surface area contributed by atoms with Crippen molar-refractivity contribution in [1.82, 2.24) is 4.98 Å². The van der Waals surface area contributed by atoms with Gasteiger partial charge >= 0.3 is 68.8 Å². The topological polar surface area (TPSA) is 15.8 Å². The molecule has 0 amide bonds. The Kier molecular flexibility index (Phi) is 1.35. The quantitative estimate of drug-likeness (QED) is 0.591. The van der Waals surface area contributed by atoms with Gasteiger partial charge in [-0.3, -0.25) is 0 Å². The third-order valence-corrected chi connectivity index (χ3v) is 2.90. The summed E-state index contributed by atoms with van der Waals surface area (Å²) in [7, 11) is 0. The van der Waals surface area contributed by atoms with Gasteiger partial charge in [0, 0.05) is 0 Å². The number of benzene rings is 1. The summed E-state index contributed by atoms with van der Waals surface area (Å²) in [4.78, 5) is 3.22. The van der Waals surface area contributed by atoms with Crippen LogP contribution in [0.5, 0.6) is 0 Å². The summed E-state index contributed by atoms with van der Waals surface area (Å²) in [6, 6.07) is 8.40. The number of hydrogen-bond acceptors (Lipinski definition) is 0. The van der Waals surface area contributed by atoms with Crippen molar-refractivity contribution in [3.63, 3.8) is 0 Å². The maximum atomic E-state index is 3.22. The molecule has 0 saturated carbocycles. The molecule has 2 heteroatoms. The summed E-state index contributed by atoms with van der Waals surface area (Å²) >= 11 is 1.23. The van der Waals surface area contributed by atoms with Gasteiger partial charge in [-0.25, -0.2) is 0 Å². The molecule has 1 aromatic heterocycles. The fourth-order valence-electron chi connectivity index (χ4n) is 1.13. The van der Waals surface area contributed by atoms with Crippen LogP contribution in [0.2, 0.25) is 0 Å². The Morgan fingerprint density at radius 2 is 2.00 bits per heavy atom. The Morgan fingerprint density at radius 3 is 2.80 bits per heavy atom. The molecule has 0 bridgehead atoms. The van der Waals surface area contributed by atoms with Crippen LogP contribution < -0.4 is 4.16 Å². The van der Waals surface area contributed by atoms with Crippen molar-refractivity contribution in [3.05, 3.63) is 30.5 Å². The van der Waals surface area contributed by atoms with E-state index in [0.29, 0.717) is 0 Å². The molecule has 0 saturated heterocycles. The van der Waals surface area contributed by atoms with Gasteiger partial charge in [-0.2, -0.15) is 0 Å². The molecule has 0 spiro atoms. The van der Waals surface area contributed by atoms with Crippen LogP contribution in [0.15, 0.2) is 30.5 Å². The summed E-state index contributed by atoms with van der Waals surface area (Å²) in [6.45, 7) is 0. The molecule has 0 atom stereocenters. The summed E-state index contributed by atoms with van der Waals surface area (Å²) in [6.07, 6.45) is 2.09. The molecule has 1 aromatic carbocycles.